The Morgan fingerprint density at radius 1 is 1.07 bits per heavy atom. The van der Waals surface area contributed by atoms with Crippen LogP contribution in [0.4, 0.5) is 11.4 Å². The standard InChI is InChI=1S/C20H22N2O5S/c1-3-14-8-7-9-15(4-2)20(14)21-18(23)12-27-19(24)13-28-17-11-6-5-10-16(17)22(25)26/h5-11H,3-4,12-13H2,1-2H3,(H,21,23). The molecular formula is C20H22N2O5S. The molecule has 2 aromatic carbocycles. The lowest BCUT2D eigenvalue weighted by atomic mass is 10.0. The summed E-state index contributed by atoms with van der Waals surface area (Å²) in [6.45, 7) is 3.60. The summed E-state index contributed by atoms with van der Waals surface area (Å²) in [7, 11) is 0. The number of rotatable bonds is 9. The number of carbonyl (C=O) groups is 2. The van der Waals surface area contributed by atoms with Crippen molar-refractivity contribution in [1.29, 1.82) is 0 Å². The SMILES string of the molecule is CCc1cccc(CC)c1NC(=O)COC(=O)CSc1ccccc1[N+](=O)[O-]. The summed E-state index contributed by atoms with van der Waals surface area (Å²) in [6.07, 6.45) is 1.55. The number of nitro benzene ring substituents is 1. The molecule has 0 unspecified atom stereocenters. The van der Waals surface area contributed by atoms with Crippen LogP contribution >= 0.6 is 11.8 Å². The number of nitrogens with zero attached hydrogens (tertiary/aromatic N) is 1. The van der Waals surface area contributed by atoms with Crippen molar-refractivity contribution in [2.75, 3.05) is 17.7 Å². The van der Waals surface area contributed by atoms with Crippen molar-refractivity contribution in [1.82, 2.24) is 0 Å². The average Bonchev–Trinajstić information content (AvgIpc) is 2.70. The lowest BCUT2D eigenvalue weighted by Gasteiger charge is -2.14. The molecule has 28 heavy (non-hydrogen) atoms. The Morgan fingerprint density at radius 2 is 1.71 bits per heavy atom. The van der Waals surface area contributed by atoms with E-state index in [1.54, 1.807) is 18.2 Å². The molecule has 0 aliphatic carbocycles. The molecule has 1 N–H and O–H groups in total. The predicted molar refractivity (Wildman–Crippen MR) is 109 cm³/mol. The molecule has 0 spiro atoms. The lowest BCUT2D eigenvalue weighted by Crippen LogP contribution is -2.23. The van der Waals surface area contributed by atoms with E-state index in [1.165, 1.54) is 6.07 Å². The van der Waals surface area contributed by atoms with Crippen molar-refractivity contribution < 1.29 is 19.2 Å². The normalized spacial score (nSPS) is 10.4. The number of nitrogens with one attached hydrogen (secondary N) is 1. The number of esters is 1. The molecule has 2 rings (SSSR count). The van der Waals surface area contributed by atoms with Crippen molar-refractivity contribution in [3.63, 3.8) is 0 Å². The first-order valence-electron chi connectivity index (χ1n) is 8.88. The van der Waals surface area contributed by atoms with Gasteiger partial charge in [0.2, 0.25) is 0 Å². The van der Waals surface area contributed by atoms with Crippen LogP contribution in [-0.4, -0.2) is 29.2 Å². The number of hydrogen-bond donors (Lipinski definition) is 1. The maximum atomic E-state index is 12.2. The summed E-state index contributed by atoms with van der Waals surface area (Å²) in [5.74, 6) is -1.15. The number of carbonyl (C=O) groups excluding carboxylic acids is 2. The molecule has 0 aliphatic rings. The number of amides is 1. The van der Waals surface area contributed by atoms with Crippen molar-refractivity contribution in [2.24, 2.45) is 0 Å². The molecule has 0 radical (unpaired) electrons. The van der Waals surface area contributed by atoms with Crippen LogP contribution in [0.2, 0.25) is 0 Å². The third-order valence-electron chi connectivity index (χ3n) is 4.03. The van der Waals surface area contributed by atoms with Crippen LogP contribution in [-0.2, 0) is 27.2 Å². The van der Waals surface area contributed by atoms with Gasteiger partial charge in [-0.15, -0.1) is 11.8 Å². The number of nitro groups is 1. The van der Waals surface area contributed by atoms with Crippen LogP contribution in [0, 0.1) is 10.1 Å². The Hall–Kier alpha value is -2.87. The second-order valence-corrected chi connectivity index (χ2v) is 6.90. The van der Waals surface area contributed by atoms with Gasteiger partial charge < -0.3 is 10.1 Å². The zero-order chi connectivity index (χ0) is 20.5. The summed E-state index contributed by atoms with van der Waals surface area (Å²) in [5, 5.41) is 13.8. The Kier molecular flexibility index (Phi) is 8.01. The van der Waals surface area contributed by atoms with E-state index < -0.39 is 23.4 Å². The molecule has 0 aromatic heterocycles. The predicted octanol–water partition coefficient (Wildman–Crippen LogP) is 3.99. The van der Waals surface area contributed by atoms with Gasteiger partial charge in [-0.25, -0.2) is 0 Å². The van der Waals surface area contributed by atoms with Crippen LogP contribution in [0.3, 0.4) is 0 Å². The Morgan fingerprint density at radius 3 is 2.32 bits per heavy atom. The minimum Gasteiger partial charge on any atom is -0.455 e. The van der Waals surface area contributed by atoms with Crippen molar-refractivity contribution >= 4 is 35.0 Å². The number of anilines is 1. The molecule has 1 amide bonds. The first-order valence-corrected chi connectivity index (χ1v) is 9.87. The fourth-order valence-corrected chi connectivity index (χ4v) is 3.46. The van der Waals surface area contributed by atoms with Crippen LogP contribution in [0.1, 0.15) is 25.0 Å². The van der Waals surface area contributed by atoms with Gasteiger partial charge in [0.15, 0.2) is 6.61 Å². The quantitative estimate of drug-likeness (QED) is 0.295. The molecule has 7 nitrogen and oxygen atoms in total. The topological polar surface area (TPSA) is 98.5 Å². The minimum atomic E-state index is -0.613. The monoisotopic (exact) mass is 402 g/mol. The van der Waals surface area contributed by atoms with Gasteiger partial charge in [-0.2, -0.15) is 0 Å². The molecule has 2 aromatic rings. The molecule has 148 valence electrons. The third-order valence-corrected chi connectivity index (χ3v) is 5.07. The molecule has 0 fully saturated rings. The maximum Gasteiger partial charge on any atom is 0.316 e. The highest BCUT2D eigenvalue weighted by Gasteiger charge is 2.16. The van der Waals surface area contributed by atoms with Gasteiger partial charge in [0.1, 0.15) is 0 Å². The first-order chi connectivity index (χ1) is 13.5. The van der Waals surface area contributed by atoms with E-state index in [0.29, 0.717) is 4.90 Å². The number of aryl methyl sites for hydroxylation is 2. The second kappa shape index (κ2) is 10.5. The highest BCUT2D eigenvalue weighted by Crippen LogP contribution is 2.28. The first kappa shape index (κ1) is 21.4. The van der Waals surface area contributed by atoms with E-state index >= 15 is 0 Å². The highest BCUT2D eigenvalue weighted by atomic mass is 32.2. The third kappa shape index (κ3) is 5.82. The molecule has 0 bridgehead atoms. The van der Waals surface area contributed by atoms with E-state index in [9.17, 15) is 19.7 Å². The van der Waals surface area contributed by atoms with Gasteiger partial charge in [0.25, 0.3) is 11.6 Å². The largest absolute Gasteiger partial charge is 0.455 e. The van der Waals surface area contributed by atoms with Crippen LogP contribution < -0.4 is 5.32 Å². The number of thioether (sulfide) groups is 1. The van der Waals surface area contributed by atoms with E-state index in [1.807, 2.05) is 32.0 Å². The molecule has 0 saturated heterocycles. The Labute approximate surface area is 167 Å². The maximum absolute atomic E-state index is 12.2. The highest BCUT2D eigenvalue weighted by molar-refractivity contribution is 8.00. The average molecular weight is 402 g/mol. The summed E-state index contributed by atoms with van der Waals surface area (Å²) < 4.78 is 5.00. The van der Waals surface area contributed by atoms with Gasteiger partial charge in [-0.3, -0.25) is 19.7 Å². The van der Waals surface area contributed by atoms with E-state index in [0.717, 1.165) is 41.4 Å². The van der Waals surface area contributed by atoms with E-state index in [4.69, 9.17) is 4.74 Å². The minimum absolute atomic E-state index is 0.0682. The van der Waals surface area contributed by atoms with Gasteiger partial charge >= 0.3 is 5.97 Å². The summed E-state index contributed by atoms with van der Waals surface area (Å²) in [5.41, 5.74) is 2.74. The van der Waals surface area contributed by atoms with Crippen LogP contribution in [0.25, 0.3) is 0 Å². The zero-order valence-electron chi connectivity index (χ0n) is 15.8. The summed E-state index contributed by atoms with van der Waals surface area (Å²) >= 11 is 1.00. The molecular weight excluding hydrogens is 380 g/mol. The van der Waals surface area contributed by atoms with E-state index in [2.05, 4.69) is 5.32 Å². The van der Waals surface area contributed by atoms with Crippen LogP contribution in [0.15, 0.2) is 47.4 Å². The van der Waals surface area contributed by atoms with Crippen LogP contribution in [0.5, 0.6) is 0 Å². The summed E-state index contributed by atoms with van der Waals surface area (Å²) in [4.78, 5) is 34.9. The van der Waals surface area contributed by atoms with Crippen molar-refractivity contribution in [2.45, 2.75) is 31.6 Å². The molecule has 8 heteroatoms. The number of ether oxygens (including phenoxy) is 1. The van der Waals surface area contributed by atoms with Gasteiger partial charge in [-0.05, 0) is 30.0 Å². The fraction of sp³-hybridized carbons (Fsp3) is 0.300. The van der Waals surface area contributed by atoms with Gasteiger partial charge in [0.05, 0.1) is 15.6 Å². The van der Waals surface area contributed by atoms with Crippen molar-refractivity contribution in [3.05, 3.63) is 63.7 Å². The lowest BCUT2D eigenvalue weighted by molar-refractivity contribution is -0.387. The Balaban J connectivity index is 1.88. The number of para-hydroxylation sites is 2. The fourth-order valence-electron chi connectivity index (χ4n) is 2.63. The molecule has 0 atom stereocenters. The number of hydrogen-bond acceptors (Lipinski definition) is 6. The smallest absolute Gasteiger partial charge is 0.316 e. The van der Waals surface area contributed by atoms with Gasteiger partial charge in [0, 0.05) is 11.8 Å². The zero-order valence-corrected chi connectivity index (χ0v) is 16.6. The summed E-state index contributed by atoms with van der Waals surface area (Å²) in [6, 6.07) is 12.0. The number of benzene rings is 2. The van der Waals surface area contributed by atoms with Crippen molar-refractivity contribution in [3.8, 4) is 0 Å². The second-order valence-electron chi connectivity index (χ2n) is 5.88. The molecule has 0 heterocycles. The Bertz CT molecular complexity index is 847. The molecule has 0 saturated carbocycles. The van der Waals surface area contributed by atoms with E-state index in [-0.39, 0.29) is 11.4 Å². The van der Waals surface area contributed by atoms with Gasteiger partial charge in [-0.1, -0.05) is 44.2 Å². The molecule has 0 aliphatic heterocycles.